The van der Waals surface area contributed by atoms with Gasteiger partial charge in [0.25, 0.3) is 5.91 Å². The van der Waals surface area contributed by atoms with Crippen LogP contribution in [0.2, 0.25) is 5.02 Å². The molecule has 1 aromatic rings. The van der Waals surface area contributed by atoms with Gasteiger partial charge in [-0.3, -0.25) is 9.59 Å². The lowest BCUT2D eigenvalue weighted by Gasteiger charge is -2.23. The van der Waals surface area contributed by atoms with Gasteiger partial charge in [0.1, 0.15) is 0 Å². The second-order valence-corrected chi connectivity index (χ2v) is 5.70. The Balaban J connectivity index is 0.00000242. The molecule has 0 unspecified atom stereocenters. The molecule has 0 spiro atoms. The molecule has 0 aliphatic carbocycles. The molecule has 1 aromatic carbocycles. The number of amides is 2. The maximum atomic E-state index is 12.4. The summed E-state index contributed by atoms with van der Waals surface area (Å²) in [5, 5.41) is 0.608. The van der Waals surface area contributed by atoms with E-state index in [4.69, 9.17) is 17.3 Å². The molecule has 1 aliphatic rings. The van der Waals surface area contributed by atoms with E-state index >= 15 is 0 Å². The number of rotatable bonds is 2. The van der Waals surface area contributed by atoms with Crippen molar-refractivity contribution in [3.05, 3.63) is 34.9 Å². The maximum Gasteiger partial charge on any atom is 0.253 e. The number of nitrogens with zero attached hydrogens (tertiary/aromatic N) is 2. The van der Waals surface area contributed by atoms with Crippen molar-refractivity contribution < 1.29 is 9.59 Å². The monoisotopic (exact) mass is 345 g/mol. The Morgan fingerprint density at radius 2 is 1.64 bits per heavy atom. The van der Waals surface area contributed by atoms with Gasteiger partial charge in [0.2, 0.25) is 5.91 Å². The first-order chi connectivity index (χ1) is 9.99. The molecule has 7 heteroatoms. The second kappa shape index (κ2) is 8.36. The molecule has 0 bridgehead atoms. The highest BCUT2D eigenvalue weighted by Gasteiger charge is 2.24. The van der Waals surface area contributed by atoms with Gasteiger partial charge in [-0.05, 0) is 37.6 Å². The van der Waals surface area contributed by atoms with Gasteiger partial charge in [-0.1, -0.05) is 11.6 Å². The average Bonchev–Trinajstić information content (AvgIpc) is 2.72. The molecule has 1 saturated heterocycles. The first-order valence-electron chi connectivity index (χ1n) is 7.08. The number of carbonyl (C=O) groups excluding carboxylic acids is 2. The highest BCUT2D eigenvalue weighted by atomic mass is 35.5. The summed E-state index contributed by atoms with van der Waals surface area (Å²) in [6, 6.07) is 6.36. The van der Waals surface area contributed by atoms with E-state index in [1.165, 1.54) is 0 Å². The summed E-state index contributed by atoms with van der Waals surface area (Å²) in [6.45, 7) is 4.03. The summed E-state index contributed by atoms with van der Waals surface area (Å²) in [7, 11) is 0. The Bertz CT molecular complexity index is 520. The Morgan fingerprint density at radius 1 is 1.09 bits per heavy atom. The van der Waals surface area contributed by atoms with E-state index in [2.05, 4.69) is 0 Å². The van der Waals surface area contributed by atoms with Gasteiger partial charge in [0.15, 0.2) is 0 Å². The van der Waals surface area contributed by atoms with E-state index in [0.717, 1.165) is 6.42 Å². The minimum atomic E-state index is -0.497. The van der Waals surface area contributed by atoms with Gasteiger partial charge in [0.05, 0.1) is 6.04 Å². The van der Waals surface area contributed by atoms with Crippen molar-refractivity contribution in [1.82, 2.24) is 9.80 Å². The zero-order valence-corrected chi connectivity index (χ0v) is 14.1. The molecule has 2 N–H and O–H groups in total. The molecule has 2 amide bonds. The standard InChI is InChI=1S/C15H20ClN3O2.ClH/c1-11(17)14(20)18-7-2-8-19(10-9-18)15(21)12-3-5-13(16)6-4-12;/h3-6,11H,2,7-10,17H2,1H3;1H/t11-;/m1./s1. The number of halogens is 2. The summed E-state index contributed by atoms with van der Waals surface area (Å²) in [5.41, 5.74) is 6.25. The molecule has 1 aliphatic heterocycles. The summed E-state index contributed by atoms with van der Waals surface area (Å²) < 4.78 is 0. The van der Waals surface area contributed by atoms with Crippen LogP contribution in [-0.4, -0.2) is 53.8 Å². The van der Waals surface area contributed by atoms with Crippen molar-refractivity contribution in [2.24, 2.45) is 5.73 Å². The lowest BCUT2D eigenvalue weighted by molar-refractivity contribution is -0.132. The van der Waals surface area contributed by atoms with Crippen molar-refractivity contribution in [1.29, 1.82) is 0 Å². The first-order valence-corrected chi connectivity index (χ1v) is 7.46. The van der Waals surface area contributed by atoms with E-state index in [-0.39, 0.29) is 24.2 Å². The van der Waals surface area contributed by atoms with Gasteiger partial charge in [-0.15, -0.1) is 12.4 Å². The van der Waals surface area contributed by atoms with E-state index in [1.807, 2.05) is 0 Å². The van der Waals surface area contributed by atoms with Crippen molar-refractivity contribution >= 4 is 35.8 Å². The number of nitrogens with two attached hydrogens (primary N) is 1. The molecule has 5 nitrogen and oxygen atoms in total. The SMILES string of the molecule is C[C@@H](N)C(=O)N1CCCN(C(=O)c2ccc(Cl)cc2)CC1.Cl. The zero-order chi connectivity index (χ0) is 15.4. The van der Waals surface area contributed by atoms with E-state index in [0.29, 0.717) is 36.8 Å². The molecular formula is C15H21Cl2N3O2. The van der Waals surface area contributed by atoms with Crippen LogP contribution in [0.4, 0.5) is 0 Å². The van der Waals surface area contributed by atoms with Crippen LogP contribution in [0.15, 0.2) is 24.3 Å². The van der Waals surface area contributed by atoms with Gasteiger partial charge in [0, 0.05) is 36.8 Å². The van der Waals surface area contributed by atoms with E-state index in [9.17, 15) is 9.59 Å². The lowest BCUT2D eigenvalue weighted by Crippen LogP contribution is -2.44. The average molecular weight is 346 g/mol. The smallest absolute Gasteiger partial charge is 0.253 e. The quantitative estimate of drug-likeness (QED) is 0.888. The van der Waals surface area contributed by atoms with E-state index < -0.39 is 6.04 Å². The third-order valence-electron chi connectivity index (χ3n) is 3.58. The topological polar surface area (TPSA) is 66.6 Å². The number of hydrogen-bond acceptors (Lipinski definition) is 3. The molecule has 1 atom stereocenters. The Kier molecular flexibility index (Phi) is 7.13. The molecule has 0 saturated carbocycles. The van der Waals surface area contributed by atoms with E-state index in [1.54, 1.807) is 41.0 Å². The first kappa shape index (κ1) is 18.7. The predicted octanol–water partition coefficient (Wildman–Crippen LogP) is 1.78. The summed E-state index contributed by atoms with van der Waals surface area (Å²) in [5.74, 6) is -0.0856. The highest BCUT2D eigenvalue weighted by Crippen LogP contribution is 2.13. The zero-order valence-electron chi connectivity index (χ0n) is 12.5. The fourth-order valence-corrected chi connectivity index (χ4v) is 2.53. The van der Waals surface area contributed by atoms with Crippen LogP contribution in [0.5, 0.6) is 0 Å². The van der Waals surface area contributed by atoms with Gasteiger partial charge in [-0.25, -0.2) is 0 Å². The van der Waals surface area contributed by atoms with Crippen LogP contribution in [0.25, 0.3) is 0 Å². The third-order valence-corrected chi connectivity index (χ3v) is 3.83. The Morgan fingerprint density at radius 3 is 2.23 bits per heavy atom. The molecule has 2 rings (SSSR count). The third kappa shape index (κ3) is 4.60. The normalized spacial score (nSPS) is 16.5. The minimum Gasteiger partial charge on any atom is -0.340 e. The fraction of sp³-hybridized carbons (Fsp3) is 0.467. The number of benzene rings is 1. The molecule has 0 aromatic heterocycles. The van der Waals surface area contributed by atoms with Crippen molar-refractivity contribution in [2.75, 3.05) is 26.2 Å². The largest absolute Gasteiger partial charge is 0.340 e. The Hall–Kier alpha value is -1.30. The van der Waals surface area contributed by atoms with Gasteiger partial charge in [-0.2, -0.15) is 0 Å². The van der Waals surface area contributed by atoms with Crippen LogP contribution in [0.1, 0.15) is 23.7 Å². The van der Waals surface area contributed by atoms with Crippen molar-refractivity contribution in [3.63, 3.8) is 0 Å². The molecule has 1 heterocycles. The highest BCUT2D eigenvalue weighted by molar-refractivity contribution is 6.30. The van der Waals surface area contributed by atoms with Crippen LogP contribution in [0, 0.1) is 0 Å². The molecule has 0 radical (unpaired) electrons. The predicted molar refractivity (Wildman–Crippen MR) is 89.4 cm³/mol. The van der Waals surface area contributed by atoms with Crippen LogP contribution < -0.4 is 5.73 Å². The van der Waals surface area contributed by atoms with Gasteiger partial charge >= 0.3 is 0 Å². The van der Waals surface area contributed by atoms with Crippen LogP contribution >= 0.6 is 24.0 Å². The fourth-order valence-electron chi connectivity index (χ4n) is 2.40. The van der Waals surface area contributed by atoms with Crippen LogP contribution in [-0.2, 0) is 4.79 Å². The summed E-state index contributed by atoms with van der Waals surface area (Å²) in [6.07, 6.45) is 0.762. The van der Waals surface area contributed by atoms with Crippen LogP contribution in [0.3, 0.4) is 0 Å². The van der Waals surface area contributed by atoms with Crippen molar-refractivity contribution in [3.8, 4) is 0 Å². The Labute approximate surface area is 141 Å². The maximum absolute atomic E-state index is 12.4. The lowest BCUT2D eigenvalue weighted by atomic mass is 10.2. The van der Waals surface area contributed by atoms with Crippen molar-refractivity contribution in [2.45, 2.75) is 19.4 Å². The summed E-state index contributed by atoms with van der Waals surface area (Å²) >= 11 is 5.83. The number of hydrogen-bond donors (Lipinski definition) is 1. The minimum absolute atomic E-state index is 0. The second-order valence-electron chi connectivity index (χ2n) is 5.27. The molecule has 1 fully saturated rings. The molecule has 122 valence electrons. The number of carbonyl (C=O) groups is 2. The molecule has 22 heavy (non-hydrogen) atoms. The molecular weight excluding hydrogens is 325 g/mol. The summed E-state index contributed by atoms with van der Waals surface area (Å²) in [4.78, 5) is 27.9. The van der Waals surface area contributed by atoms with Gasteiger partial charge < -0.3 is 15.5 Å².